The first-order chi connectivity index (χ1) is 3.27. The van der Waals surface area contributed by atoms with E-state index in [4.69, 9.17) is 5.21 Å². The summed E-state index contributed by atoms with van der Waals surface area (Å²) in [5.74, 6) is 0. The van der Waals surface area contributed by atoms with Crippen LogP contribution in [-0.2, 0) is 0 Å². The fourth-order valence-electron chi connectivity index (χ4n) is 0.211. The molecule has 0 fully saturated rings. The molecule has 1 N–H and O–H groups in total. The molecule has 0 atom stereocenters. The Bertz CT molecular complexity index is 90.3. The Kier molecular flexibility index (Phi) is 3.02. The van der Waals surface area contributed by atoms with Crippen molar-refractivity contribution in [3.63, 3.8) is 0 Å². The maximum atomic E-state index is 8.41. The average molecular weight is 100 g/mol. The third-order valence-electron chi connectivity index (χ3n) is 0.494. The minimum atomic E-state index is 1.00. The van der Waals surface area contributed by atoms with E-state index in [0.717, 1.165) is 4.74 Å². The van der Waals surface area contributed by atoms with Gasteiger partial charge >= 0.3 is 0 Å². The van der Waals surface area contributed by atoms with Crippen molar-refractivity contribution in [1.82, 2.24) is 0 Å². The SMILES string of the molecule is CC=CC=[N+](C)O. The van der Waals surface area contributed by atoms with E-state index in [1.807, 2.05) is 13.0 Å². The topological polar surface area (TPSA) is 23.2 Å². The van der Waals surface area contributed by atoms with Crippen LogP contribution in [0.4, 0.5) is 0 Å². The van der Waals surface area contributed by atoms with Crippen molar-refractivity contribution in [2.45, 2.75) is 6.92 Å². The zero-order valence-corrected chi connectivity index (χ0v) is 4.63. The molecule has 0 rings (SSSR count). The van der Waals surface area contributed by atoms with Crippen molar-refractivity contribution in [2.75, 3.05) is 7.05 Å². The number of rotatable bonds is 1. The van der Waals surface area contributed by atoms with E-state index < -0.39 is 0 Å². The van der Waals surface area contributed by atoms with E-state index in [1.165, 1.54) is 0 Å². The summed E-state index contributed by atoms with van der Waals surface area (Å²) in [6.07, 6.45) is 5.15. The lowest BCUT2D eigenvalue weighted by molar-refractivity contribution is -0.750. The van der Waals surface area contributed by atoms with Gasteiger partial charge in [-0.15, -0.1) is 0 Å². The Hall–Kier alpha value is -0.790. The highest BCUT2D eigenvalue weighted by Crippen LogP contribution is 1.60. The second kappa shape index (κ2) is 3.40. The van der Waals surface area contributed by atoms with Crippen LogP contribution in [0.15, 0.2) is 12.2 Å². The van der Waals surface area contributed by atoms with Crippen LogP contribution >= 0.6 is 0 Å². The zero-order valence-electron chi connectivity index (χ0n) is 4.63. The summed E-state index contributed by atoms with van der Waals surface area (Å²) in [6, 6.07) is 0. The fourth-order valence-corrected chi connectivity index (χ4v) is 0.211. The van der Waals surface area contributed by atoms with Gasteiger partial charge in [0.05, 0.1) is 0 Å². The molecule has 0 bridgehead atoms. The van der Waals surface area contributed by atoms with Crippen molar-refractivity contribution in [2.24, 2.45) is 0 Å². The molecule has 0 saturated carbocycles. The van der Waals surface area contributed by atoms with Gasteiger partial charge in [0.25, 0.3) is 0 Å². The summed E-state index contributed by atoms with van der Waals surface area (Å²) in [4.78, 5) is 0. The number of hydrogen-bond donors (Lipinski definition) is 1. The first-order valence-electron chi connectivity index (χ1n) is 2.15. The molecule has 0 amide bonds. The predicted molar refractivity (Wildman–Crippen MR) is 28.8 cm³/mol. The van der Waals surface area contributed by atoms with Gasteiger partial charge in [0.15, 0.2) is 7.05 Å². The highest BCUT2D eigenvalue weighted by Gasteiger charge is 1.74. The maximum absolute atomic E-state index is 8.41. The maximum Gasteiger partial charge on any atom is 0.214 e. The van der Waals surface area contributed by atoms with Gasteiger partial charge in [0.1, 0.15) is 0 Å². The molecule has 0 aliphatic rings. The highest BCUT2D eigenvalue weighted by atomic mass is 16.5. The molecule has 0 aromatic heterocycles. The summed E-state index contributed by atoms with van der Waals surface area (Å²) >= 11 is 0. The third-order valence-corrected chi connectivity index (χ3v) is 0.494. The van der Waals surface area contributed by atoms with Crippen LogP contribution in [-0.4, -0.2) is 23.2 Å². The van der Waals surface area contributed by atoms with Gasteiger partial charge in [0.2, 0.25) is 6.21 Å². The van der Waals surface area contributed by atoms with Crippen LogP contribution < -0.4 is 0 Å². The molecule has 40 valence electrons. The Balaban J connectivity index is 3.46. The number of allylic oxidation sites excluding steroid dienone is 2. The number of hydrogen-bond acceptors (Lipinski definition) is 1. The molecular weight excluding hydrogens is 90.1 g/mol. The largest absolute Gasteiger partial charge is 0.291 e. The van der Waals surface area contributed by atoms with Crippen molar-refractivity contribution < 1.29 is 9.95 Å². The predicted octanol–water partition coefficient (Wildman–Crippen LogP) is 0.665. The molecule has 0 spiro atoms. The van der Waals surface area contributed by atoms with Crippen molar-refractivity contribution in [3.05, 3.63) is 12.2 Å². The zero-order chi connectivity index (χ0) is 5.70. The van der Waals surface area contributed by atoms with Gasteiger partial charge in [-0.2, -0.15) is 0 Å². The van der Waals surface area contributed by atoms with Gasteiger partial charge in [-0.1, -0.05) is 6.08 Å². The molecule has 0 aliphatic heterocycles. The number of nitrogens with zero attached hydrogens (tertiary/aromatic N) is 1. The summed E-state index contributed by atoms with van der Waals surface area (Å²) in [5.41, 5.74) is 0. The Labute approximate surface area is 43.4 Å². The summed E-state index contributed by atoms with van der Waals surface area (Å²) < 4.78 is 1.00. The fraction of sp³-hybridized carbons (Fsp3) is 0.400. The minimum absolute atomic E-state index is 1.00. The monoisotopic (exact) mass is 100 g/mol. The van der Waals surface area contributed by atoms with Crippen LogP contribution in [0.25, 0.3) is 0 Å². The molecule has 0 saturated heterocycles. The Morgan fingerprint density at radius 3 is 2.29 bits per heavy atom. The van der Waals surface area contributed by atoms with Gasteiger partial charge in [-0.3, -0.25) is 5.21 Å². The lowest BCUT2D eigenvalue weighted by Gasteiger charge is -1.71. The molecule has 0 aromatic carbocycles. The number of hydroxylamine groups is 1. The normalized spacial score (nSPS) is 13.1. The van der Waals surface area contributed by atoms with Crippen LogP contribution in [0.2, 0.25) is 0 Å². The van der Waals surface area contributed by atoms with Crippen LogP contribution in [0.5, 0.6) is 0 Å². The van der Waals surface area contributed by atoms with Gasteiger partial charge in [-0.05, 0) is 11.7 Å². The van der Waals surface area contributed by atoms with Crippen molar-refractivity contribution in [1.29, 1.82) is 0 Å². The van der Waals surface area contributed by atoms with E-state index in [1.54, 1.807) is 19.3 Å². The van der Waals surface area contributed by atoms with Gasteiger partial charge in [0, 0.05) is 6.08 Å². The standard InChI is InChI=1S/C5H10NO/c1-3-4-5-6(2)7/h3-5,7H,1-2H3/q+1. The Morgan fingerprint density at radius 2 is 2.14 bits per heavy atom. The minimum Gasteiger partial charge on any atom is -0.291 e. The summed E-state index contributed by atoms with van der Waals surface area (Å²) in [7, 11) is 1.56. The first-order valence-corrected chi connectivity index (χ1v) is 2.15. The van der Waals surface area contributed by atoms with Crippen molar-refractivity contribution >= 4 is 6.21 Å². The van der Waals surface area contributed by atoms with Gasteiger partial charge in [-0.25, -0.2) is 0 Å². The smallest absolute Gasteiger partial charge is 0.214 e. The highest BCUT2D eigenvalue weighted by molar-refractivity contribution is 5.65. The van der Waals surface area contributed by atoms with Crippen molar-refractivity contribution in [3.8, 4) is 0 Å². The molecule has 2 nitrogen and oxygen atoms in total. The van der Waals surface area contributed by atoms with E-state index in [9.17, 15) is 0 Å². The second-order valence-electron chi connectivity index (χ2n) is 1.25. The van der Waals surface area contributed by atoms with Crippen LogP contribution in [0.3, 0.4) is 0 Å². The molecule has 0 radical (unpaired) electrons. The summed E-state index contributed by atoms with van der Waals surface area (Å²) in [6.45, 7) is 1.89. The van der Waals surface area contributed by atoms with E-state index in [-0.39, 0.29) is 0 Å². The van der Waals surface area contributed by atoms with E-state index >= 15 is 0 Å². The molecule has 2 heteroatoms. The molecule has 0 aliphatic carbocycles. The molecular formula is C5H10NO+. The second-order valence-corrected chi connectivity index (χ2v) is 1.25. The average Bonchev–Trinajstić information content (AvgIpc) is 1.61. The Morgan fingerprint density at radius 1 is 1.57 bits per heavy atom. The molecule has 0 heterocycles. The lowest BCUT2D eigenvalue weighted by atomic mass is 10.6. The summed E-state index contributed by atoms with van der Waals surface area (Å²) in [5, 5.41) is 8.41. The lowest BCUT2D eigenvalue weighted by Crippen LogP contribution is -1.95. The molecule has 0 aromatic rings. The van der Waals surface area contributed by atoms with E-state index in [0.29, 0.717) is 0 Å². The van der Waals surface area contributed by atoms with E-state index in [2.05, 4.69) is 0 Å². The molecule has 7 heavy (non-hydrogen) atoms. The van der Waals surface area contributed by atoms with Gasteiger partial charge < -0.3 is 0 Å². The van der Waals surface area contributed by atoms with Crippen LogP contribution in [0.1, 0.15) is 6.92 Å². The molecule has 0 unspecified atom stereocenters. The first kappa shape index (κ1) is 6.21. The quantitative estimate of drug-likeness (QED) is 0.222. The third kappa shape index (κ3) is 5.21. The van der Waals surface area contributed by atoms with Crippen LogP contribution in [0, 0.1) is 0 Å².